The van der Waals surface area contributed by atoms with Gasteiger partial charge in [-0.2, -0.15) is 9.40 Å². The Labute approximate surface area is 182 Å². The molecule has 3 heterocycles. The minimum atomic E-state index is -3.60. The Balaban J connectivity index is 1.42. The number of rotatable bonds is 6. The Morgan fingerprint density at radius 1 is 1.19 bits per heavy atom. The Morgan fingerprint density at radius 2 is 1.90 bits per heavy atom. The van der Waals surface area contributed by atoms with Crippen LogP contribution in [0.2, 0.25) is 0 Å². The predicted octanol–water partition coefficient (Wildman–Crippen LogP) is 2.68. The number of benzene rings is 1. The highest BCUT2D eigenvalue weighted by Gasteiger charge is 2.33. The molecule has 1 N–H and O–H groups in total. The smallest absolute Gasteiger partial charge is 0.246 e. The van der Waals surface area contributed by atoms with E-state index >= 15 is 0 Å². The number of carbonyl (C=O) groups excluding carboxylic acids is 1. The molecule has 0 unspecified atom stereocenters. The van der Waals surface area contributed by atoms with Crippen molar-refractivity contribution in [3.05, 3.63) is 29.6 Å². The molecule has 2 aliphatic heterocycles. The minimum absolute atomic E-state index is 0.164. The molecule has 1 aromatic carbocycles. The van der Waals surface area contributed by atoms with E-state index in [1.165, 1.54) is 0 Å². The summed E-state index contributed by atoms with van der Waals surface area (Å²) in [6.45, 7) is 7.12. The number of carbonyl (C=O) groups is 1. The molecule has 1 fully saturated rings. The van der Waals surface area contributed by atoms with Crippen LogP contribution in [0.5, 0.6) is 11.5 Å². The van der Waals surface area contributed by atoms with Crippen molar-refractivity contribution in [2.75, 3.05) is 25.2 Å². The number of nitrogens with one attached hydrogen (secondary N) is 1. The molecule has 0 atom stereocenters. The molecule has 0 bridgehead atoms. The zero-order valence-corrected chi connectivity index (χ0v) is 18.9. The molecule has 10 heteroatoms. The van der Waals surface area contributed by atoms with Gasteiger partial charge in [-0.1, -0.05) is 6.92 Å². The molecule has 2 aliphatic rings. The SMILES string of the molecule is Cc1nn(CCC(=O)Nc2ccc3c(c2)OCO3)c(C)c1S(=O)(=O)N1CCC(C)CC1. The molecule has 4 rings (SSSR count). The van der Waals surface area contributed by atoms with Crippen molar-refractivity contribution in [3.63, 3.8) is 0 Å². The van der Waals surface area contributed by atoms with Gasteiger partial charge in [0.05, 0.1) is 17.9 Å². The van der Waals surface area contributed by atoms with Crippen molar-refractivity contribution < 1.29 is 22.7 Å². The second kappa shape index (κ2) is 8.51. The van der Waals surface area contributed by atoms with Gasteiger partial charge < -0.3 is 14.8 Å². The maximum Gasteiger partial charge on any atom is 0.246 e. The molecule has 0 radical (unpaired) electrons. The van der Waals surface area contributed by atoms with Crippen LogP contribution in [0.15, 0.2) is 23.1 Å². The third kappa shape index (κ3) is 4.40. The molecular weight excluding hydrogens is 420 g/mol. The summed E-state index contributed by atoms with van der Waals surface area (Å²) in [6, 6.07) is 5.21. The summed E-state index contributed by atoms with van der Waals surface area (Å²) in [5.41, 5.74) is 1.64. The van der Waals surface area contributed by atoms with Crippen LogP contribution < -0.4 is 14.8 Å². The first-order chi connectivity index (χ1) is 14.8. The summed E-state index contributed by atoms with van der Waals surface area (Å²) >= 11 is 0. The van der Waals surface area contributed by atoms with E-state index in [1.807, 2.05) is 0 Å². The van der Waals surface area contributed by atoms with Gasteiger partial charge >= 0.3 is 0 Å². The number of hydrogen-bond donors (Lipinski definition) is 1. The fourth-order valence-electron chi connectivity index (χ4n) is 4.03. The van der Waals surface area contributed by atoms with Crippen molar-refractivity contribution >= 4 is 21.6 Å². The van der Waals surface area contributed by atoms with Crippen molar-refractivity contribution in [1.82, 2.24) is 14.1 Å². The van der Waals surface area contributed by atoms with Gasteiger partial charge in [0.1, 0.15) is 4.90 Å². The van der Waals surface area contributed by atoms with Gasteiger partial charge in [0.2, 0.25) is 22.7 Å². The number of aryl methyl sites for hydroxylation is 2. The van der Waals surface area contributed by atoms with Crippen LogP contribution in [0.1, 0.15) is 37.6 Å². The van der Waals surface area contributed by atoms with E-state index < -0.39 is 10.0 Å². The number of piperidine rings is 1. The summed E-state index contributed by atoms with van der Waals surface area (Å²) in [5.74, 6) is 1.59. The second-order valence-corrected chi connectivity index (χ2v) is 10.1. The number of sulfonamides is 1. The lowest BCUT2D eigenvalue weighted by Crippen LogP contribution is -2.38. The molecule has 0 saturated carbocycles. The van der Waals surface area contributed by atoms with Crippen LogP contribution in [-0.4, -0.2) is 48.3 Å². The van der Waals surface area contributed by atoms with Gasteiger partial charge in [0.15, 0.2) is 11.5 Å². The molecule has 9 nitrogen and oxygen atoms in total. The average molecular weight is 449 g/mol. The topological polar surface area (TPSA) is 103 Å². The largest absolute Gasteiger partial charge is 0.454 e. The van der Waals surface area contributed by atoms with E-state index in [4.69, 9.17) is 9.47 Å². The predicted molar refractivity (Wildman–Crippen MR) is 115 cm³/mol. The number of aromatic nitrogens is 2. The fraction of sp³-hybridized carbons (Fsp3) is 0.524. The Morgan fingerprint density at radius 3 is 2.65 bits per heavy atom. The summed E-state index contributed by atoms with van der Waals surface area (Å²) in [4.78, 5) is 12.7. The summed E-state index contributed by atoms with van der Waals surface area (Å²) in [5, 5.41) is 7.23. The van der Waals surface area contributed by atoms with Crippen LogP contribution in [0.3, 0.4) is 0 Å². The van der Waals surface area contributed by atoms with E-state index in [-0.39, 0.29) is 30.6 Å². The summed E-state index contributed by atoms with van der Waals surface area (Å²) in [7, 11) is -3.60. The molecule has 0 spiro atoms. The van der Waals surface area contributed by atoms with Gasteiger partial charge in [0, 0.05) is 31.3 Å². The van der Waals surface area contributed by atoms with Crippen LogP contribution in [0, 0.1) is 19.8 Å². The second-order valence-electron chi connectivity index (χ2n) is 8.18. The average Bonchev–Trinajstić information content (AvgIpc) is 3.30. The summed E-state index contributed by atoms with van der Waals surface area (Å²) in [6.07, 6.45) is 1.90. The molecule has 1 saturated heterocycles. The van der Waals surface area contributed by atoms with E-state index in [2.05, 4.69) is 17.3 Å². The molecule has 0 aliphatic carbocycles. The van der Waals surface area contributed by atoms with Crippen LogP contribution in [0.4, 0.5) is 5.69 Å². The number of fused-ring (bicyclic) bond motifs is 1. The zero-order chi connectivity index (χ0) is 22.2. The monoisotopic (exact) mass is 448 g/mol. The lowest BCUT2D eigenvalue weighted by atomic mass is 10.0. The Kier molecular flexibility index (Phi) is 5.94. The molecule has 31 heavy (non-hydrogen) atoms. The van der Waals surface area contributed by atoms with Crippen LogP contribution in [0.25, 0.3) is 0 Å². The first kappa shape index (κ1) is 21.6. The highest BCUT2D eigenvalue weighted by Crippen LogP contribution is 2.34. The standard InChI is InChI=1S/C21H28N4O5S/c1-14-6-9-24(10-7-14)31(27,28)21-15(2)23-25(16(21)3)11-8-20(26)22-17-4-5-18-19(12-17)30-13-29-18/h4-5,12,14H,6-11,13H2,1-3H3,(H,22,26). The van der Waals surface area contributed by atoms with Crippen LogP contribution in [-0.2, 0) is 21.4 Å². The normalized spacial score (nSPS) is 17.1. The van der Waals surface area contributed by atoms with Gasteiger partial charge in [-0.25, -0.2) is 8.42 Å². The minimum Gasteiger partial charge on any atom is -0.454 e. The van der Waals surface area contributed by atoms with Crippen molar-refractivity contribution in [2.45, 2.75) is 51.5 Å². The molecule has 1 amide bonds. The number of anilines is 1. The Hall–Kier alpha value is -2.59. The molecule has 1 aromatic heterocycles. The molecule has 2 aromatic rings. The number of amides is 1. The van der Waals surface area contributed by atoms with Crippen molar-refractivity contribution in [2.24, 2.45) is 5.92 Å². The van der Waals surface area contributed by atoms with Gasteiger partial charge in [-0.05, 0) is 44.7 Å². The maximum atomic E-state index is 13.2. The van der Waals surface area contributed by atoms with Gasteiger partial charge in [-0.15, -0.1) is 0 Å². The molecule has 168 valence electrons. The van der Waals surface area contributed by atoms with Crippen molar-refractivity contribution in [1.29, 1.82) is 0 Å². The summed E-state index contributed by atoms with van der Waals surface area (Å²) < 4.78 is 40.1. The Bertz CT molecular complexity index is 1090. The highest BCUT2D eigenvalue weighted by atomic mass is 32.2. The zero-order valence-electron chi connectivity index (χ0n) is 18.1. The third-order valence-electron chi connectivity index (χ3n) is 5.86. The number of hydrogen-bond acceptors (Lipinski definition) is 6. The third-order valence-corrected chi connectivity index (χ3v) is 8.01. The van der Waals surface area contributed by atoms with Gasteiger partial charge in [0.25, 0.3) is 0 Å². The van der Waals surface area contributed by atoms with Crippen LogP contribution >= 0.6 is 0 Å². The molecular formula is C21H28N4O5S. The first-order valence-corrected chi connectivity index (χ1v) is 11.9. The quantitative estimate of drug-likeness (QED) is 0.729. The van der Waals surface area contributed by atoms with E-state index in [0.29, 0.717) is 47.6 Å². The van der Waals surface area contributed by atoms with E-state index in [9.17, 15) is 13.2 Å². The lowest BCUT2D eigenvalue weighted by molar-refractivity contribution is -0.116. The van der Waals surface area contributed by atoms with Gasteiger partial charge in [-0.3, -0.25) is 9.48 Å². The maximum absolute atomic E-state index is 13.2. The highest BCUT2D eigenvalue weighted by molar-refractivity contribution is 7.89. The number of nitrogens with zero attached hydrogens (tertiary/aromatic N) is 3. The van der Waals surface area contributed by atoms with Crippen molar-refractivity contribution in [3.8, 4) is 11.5 Å². The fourth-order valence-corrected chi connectivity index (χ4v) is 5.87. The number of ether oxygens (including phenoxy) is 2. The van der Waals surface area contributed by atoms with E-state index in [1.54, 1.807) is 41.0 Å². The first-order valence-electron chi connectivity index (χ1n) is 10.5. The van der Waals surface area contributed by atoms with E-state index in [0.717, 1.165) is 12.8 Å². The lowest BCUT2D eigenvalue weighted by Gasteiger charge is -2.29.